The van der Waals surface area contributed by atoms with E-state index in [1.165, 1.54) is 23.0 Å². The first-order valence-corrected chi connectivity index (χ1v) is 7.16. The van der Waals surface area contributed by atoms with Crippen LogP contribution >= 0.6 is 0 Å². The van der Waals surface area contributed by atoms with Crippen LogP contribution in [0.3, 0.4) is 0 Å². The molecule has 0 aliphatic rings. The molecule has 130 valence electrons. The van der Waals surface area contributed by atoms with Gasteiger partial charge in [0.1, 0.15) is 5.82 Å². The number of alkyl halides is 3. The maximum absolute atomic E-state index is 12.5. The predicted molar refractivity (Wildman–Crippen MR) is 81.5 cm³/mol. The second-order valence-corrected chi connectivity index (χ2v) is 5.25. The van der Waals surface area contributed by atoms with Crippen LogP contribution in [0, 0.1) is 0 Å². The van der Waals surface area contributed by atoms with E-state index in [4.69, 9.17) is 5.11 Å². The zero-order valence-electron chi connectivity index (χ0n) is 12.8. The molecule has 9 heteroatoms. The zero-order valence-corrected chi connectivity index (χ0v) is 12.8. The van der Waals surface area contributed by atoms with Gasteiger partial charge in [0.05, 0.1) is 31.0 Å². The van der Waals surface area contributed by atoms with Gasteiger partial charge in [0.25, 0.3) is 0 Å². The smallest absolute Gasteiger partial charge is 0.394 e. The number of halogens is 3. The Hall–Kier alpha value is -2.55. The summed E-state index contributed by atoms with van der Waals surface area (Å²) in [4.78, 5) is 11.7. The maximum Gasteiger partial charge on any atom is 0.416 e. The van der Waals surface area contributed by atoms with E-state index in [1.807, 2.05) is 0 Å². The molecule has 0 saturated heterocycles. The number of nitrogens with zero attached hydrogens (tertiary/aromatic N) is 2. The molecule has 0 aliphatic heterocycles. The van der Waals surface area contributed by atoms with Crippen molar-refractivity contribution in [2.24, 2.45) is 0 Å². The number of rotatable bonds is 5. The number of aliphatic hydroxyl groups excluding tert-OH is 1. The number of aliphatic hydroxyl groups is 1. The highest BCUT2D eigenvalue weighted by atomic mass is 19.4. The number of hydrogen-bond acceptors (Lipinski definition) is 3. The summed E-state index contributed by atoms with van der Waals surface area (Å²) >= 11 is 0. The van der Waals surface area contributed by atoms with E-state index in [-0.39, 0.29) is 13.2 Å². The Kier molecular flexibility index (Phi) is 5.45. The Bertz CT molecular complexity index is 683. The molecule has 3 N–H and O–H groups in total. The van der Waals surface area contributed by atoms with Crippen LogP contribution in [0.1, 0.15) is 18.1 Å². The minimum atomic E-state index is -4.38. The van der Waals surface area contributed by atoms with Gasteiger partial charge in [0, 0.05) is 6.07 Å². The molecule has 1 aromatic carbocycles. The largest absolute Gasteiger partial charge is 0.416 e. The van der Waals surface area contributed by atoms with Gasteiger partial charge in [0.15, 0.2) is 0 Å². The van der Waals surface area contributed by atoms with Crippen molar-refractivity contribution in [3.05, 3.63) is 47.7 Å². The summed E-state index contributed by atoms with van der Waals surface area (Å²) < 4.78 is 39.1. The molecule has 24 heavy (non-hydrogen) atoms. The fourth-order valence-corrected chi connectivity index (χ4v) is 1.96. The average molecular weight is 342 g/mol. The van der Waals surface area contributed by atoms with E-state index in [1.54, 1.807) is 13.0 Å². The number of amides is 2. The standard InChI is InChI=1S/C15H17F3N4O2/c1-10(9-23)20-14(24)21-13-6-7-19-22(13)8-11-2-4-12(5-3-11)15(16,17)18/h2-7,10,23H,8-9H2,1H3,(H2,20,21,24)/t10-/m0/s1. The Balaban J connectivity index is 2.04. The van der Waals surface area contributed by atoms with Gasteiger partial charge in [-0.1, -0.05) is 12.1 Å². The van der Waals surface area contributed by atoms with Crippen LogP contribution in [0.15, 0.2) is 36.5 Å². The van der Waals surface area contributed by atoms with E-state index < -0.39 is 23.8 Å². The Labute approximate surface area is 136 Å². The van der Waals surface area contributed by atoms with Crippen molar-refractivity contribution in [3.8, 4) is 0 Å². The number of anilines is 1. The number of aromatic nitrogens is 2. The van der Waals surface area contributed by atoms with Gasteiger partial charge in [0.2, 0.25) is 0 Å². The lowest BCUT2D eigenvalue weighted by molar-refractivity contribution is -0.137. The van der Waals surface area contributed by atoms with Crippen molar-refractivity contribution in [3.63, 3.8) is 0 Å². The second kappa shape index (κ2) is 7.35. The number of benzene rings is 1. The quantitative estimate of drug-likeness (QED) is 0.781. The van der Waals surface area contributed by atoms with Crippen LogP contribution in [0.2, 0.25) is 0 Å². The van der Waals surface area contributed by atoms with Crippen molar-refractivity contribution < 1.29 is 23.1 Å². The summed E-state index contributed by atoms with van der Waals surface area (Å²) in [6, 6.07) is 5.38. The average Bonchev–Trinajstić information content (AvgIpc) is 2.93. The van der Waals surface area contributed by atoms with Crippen LogP contribution < -0.4 is 10.6 Å². The van der Waals surface area contributed by atoms with Gasteiger partial charge in [-0.25, -0.2) is 9.48 Å². The molecule has 1 aromatic heterocycles. The lowest BCUT2D eigenvalue weighted by Gasteiger charge is -2.13. The van der Waals surface area contributed by atoms with Gasteiger partial charge in [-0.2, -0.15) is 18.3 Å². The minimum absolute atomic E-state index is 0.196. The highest BCUT2D eigenvalue weighted by Gasteiger charge is 2.29. The van der Waals surface area contributed by atoms with E-state index in [9.17, 15) is 18.0 Å². The SMILES string of the molecule is C[C@@H](CO)NC(=O)Nc1ccnn1Cc1ccc(C(F)(F)F)cc1. The van der Waals surface area contributed by atoms with E-state index in [0.717, 1.165) is 12.1 Å². The highest BCUT2D eigenvalue weighted by Crippen LogP contribution is 2.29. The molecule has 2 aromatic rings. The third-order valence-corrected chi connectivity index (χ3v) is 3.22. The normalized spacial score (nSPS) is 12.7. The number of hydrogen-bond donors (Lipinski definition) is 3. The second-order valence-electron chi connectivity index (χ2n) is 5.25. The van der Waals surface area contributed by atoms with E-state index in [0.29, 0.717) is 11.4 Å². The first kappa shape index (κ1) is 17.8. The lowest BCUT2D eigenvalue weighted by atomic mass is 10.1. The van der Waals surface area contributed by atoms with Gasteiger partial charge < -0.3 is 10.4 Å². The molecular formula is C15H17F3N4O2. The summed E-state index contributed by atoms with van der Waals surface area (Å²) in [5.41, 5.74) is -0.110. The van der Waals surface area contributed by atoms with Crippen LogP contribution in [0.25, 0.3) is 0 Å². The third kappa shape index (κ3) is 4.72. The topological polar surface area (TPSA) is 79.2 Å². The molecule has 1 atom stereocenters. The molecule has 0 radical (unpaired) electrons. The fraction of sp³-hybridized carbons (Fsp3) is 0.333. The molecule has 0 saturated carbocycles. The maximum atomic E-state index is 12.5. The molecule has 0 aliphatic carbocycles. The molecule has 2 rings (SSSR count). The Morgan fingerprint density at radius 1 is 1.29 bits per heavy atom. The van der Waals surface area contributed by atoms with Gasteiger partial charge in [-0.15, -0.1) is 0 Å². The number of nitrogens with one attached hydrogen (secondary N) is 2. The first-order valence-electron chi connectivity index (χ1n) is 7.16. The van der Waals surface area contributed by atoms with Crippen molar-refractivity contribution in [2.45, 2.75) is 25.7 Å². The summed E-state index contributed by atoms with van der Waals surface area (Å²) in [6.45, 7) is 1.65. The fourth-order valence-electron chi connectivity index (χ4n) is 1.96. The molecule has 1 heterocycles. The summed E-state index contributed by atoms with van der Waals surface area (Å²) in [6.07, 6.45) is -2.91. The number of carbonyl (C=O) groups is 1. The van der Waals surface area contributed by atoms with Gasteiger partial charge >= 0.3 is 12.2 Å². The molecular weight excluding hydrogens is 325 g/mol. The number of urea groups is 1. The van der Waals surface area contributed by atoms with Crippen molar-refractivity contribution in [1.82, 2.24) is 15.1 Å². The summed E-state index contributed by atoms with van der Waals surface area (Å²) in [5, 5.41) is 18.0. The van der Waals surface area contributed by atoms with Crippen molar-refractivity contribution in [2.75, 3.05) is 11.9 Å². The Morgan fingerprint density at radius 3 is 2.54 bits per heavy atom. The van der Waals surface area contributed by atoms with E-state index >= 15 is 0 Å². The van der Waals surface area contributed by atoms with Crippen LogP contribution in [-0.2, 0) is 12.7 Å². The van der Waals surface area contributed by atoms with Crippen molar-refractivity contribution >= 4 is 11.8 Å². The van der Waals surface area contributed by atoms with Gasteiger partial charge in [-0.3, -0.25) is 5.32 Å². The molecule has 0 bridgehead atoms. The van der Waals surface area contributed by atoms with Gasteiger partial charge in [-0.05, 0) is 24.6 Å². The number of carbonyl (C=O) groups excluding carboxylic acids is 1. The Morgan fingerprint density at radius 2 is 1.96 bits per heavy atom. The van der Waals surface area contributed by atoms with Crippen molar-refractivity contribution in [1.29, 1.82) is 0 Å². The zero-order chi connectivity index (χ0) is 17.7. The van der Waals surface area contributed by atoms with E-state index in [2.05, 4.69) is 15.7 Å². The summed E-state index contributed by atoms with van der Waals surface area (Å²) in [5.74, 6) is 0.387. The van der Waals surface area contributed by atoms with Crippen LogP contribution in [-0.4, -0.2) is 33.6 Å². The summed E-state index contributed by atoms with van der Waals surface area (Å²) in [7, 11) is 0. The molecule has 2 amide bonds. The molecule has 0 fully saturated rings. The third-order valence-electron chi connectivity index (χ3n) is 3.22. The highest BCUT2D eigenvalue weighted by molar-refractivity contribution is 5.88. The molecule has 0 unspecified atom stereocenters. The predicted octanol–water partition coefficient (Wildman–Crippen LogP) is 2.45. The monoisotopic (exact) mass is 342 g/mol. The molecule has 6 nitrogen and oxygen atoms in total. The lowest BCUT2D eigenvalue weighted by Crippen LogP contribution is -2.38. The molecule has 0 spiro atoms. The first-order chi connectivity index (χ1) is 11.3. The van der Waals surface area contributed by atoms with Crippen LogP contribution in [0.5, 0.6) is 0 Å². The van der Waals surface area contributed by atoms with Crippen LogP contribution in [0.4, 0.5) is 23.8 Å². The minimum Gasteiger partial charge on any atom is -0.394 e.